The Morgan fingerprint density at radius 3 is 3.05 bits per heavy atom. The van der Waals surface area contributed by atoms with E-state index in [2.05, 4.69) is 16.4 Å². The molecule has 19 heavy (non-hydrogen) atoms. The number of rotatable bonds is 3. The van der Waals surface area contributed by atoms with Crippen molar-refractivity contribution in [2.24, 2.45) is 0 Å². The third kappa shape index (κ3) is 3.27. The lowest BCUT2D eigenvalue weighted by Gasteiger charge is -1.93. The molecule has 0 aliphatic carbocycles. The molecular formula is C14H11N3OS. The van der Waals surface area contributed by atoms with Crippen LogP contribution < -0.4 is 5.32 Å². The maximum atomic E-state index is 11.4. The predicted octanol–water partition coefficient (Wildman–Crippen LogP) is 2.54. The summed E-state index contributed by atoms with van der Waals surface area (Å²) >= 11 is 1.32. The van der Waals surface area contributed by atoms with Crippen LogP contribution >= 0.6 is 11.3 Å². The number of carbonyl (C=O) groups is 1. The molecular weight excluding hydrogens is 258 g/mol. The van der Waals surface area contributed by atoms with Crippen LogP contribution in [0.4, 0.5) is 0 Å². The minimum Gasteiger partial charge on any atom is -0.354 e. The van der Waals surface area contributed by atoms with Crippen molar-refractivity contribution in [3.05, 3.63) is 51.5 Å². The van der Waals surface area contributed by atoms with Crippen molar-refractivity contribution in [1.29, 1.82) is 5.26 Å². The Morgan fingerprint density at radius 2 is 2.32 bits per heavy atom. The molecule has 2 aromatic rings. The second kappa shape index (κ2) is 5.94. The average Bonchev–Trinajstić information content (AvgIpc) is 2.93. The van der Waals surface area contributed by atoms with Crippen molar-refractivity contribution in [1.82, 2.24) is 10.3 Å². The van der Waals surface area contributed by atoms with Crippen LogP contribution in [0.15, 0.2) is 30.5 Å². The standard InChI is InChI=1S/C14H11N3OS/c1-16-14(18)12-9-17-13(19-12)6-5-10-3-2-4-11(7-10)8-15/h2-7,9H,1H3,(H,16,18)/b6-5+. The van der Waals surface area contributed by atoms with Gasteiger partial charge in [-0.15, -0.1) is 11.3 Å². The molecule has 0 atom stereocenters. The molecule has 5 heteroatoms. The molecule has 1 amide bonds. The minimum atomic E-state index is -0.136. The van der Waals surface area contributed by atoms with E-state index in [1.54, 1.807) is 25.4 Å². The molecule has 0 unspecified atom stereocenters. The van der Waals surface area contributed by atoms with Gasteiger partial charge in [-0.25, -0.2) is 4.98 Å². The Balaban J connectivity index is 2.16. The fourth-order valence-corrected chi connectivity index (χ4v) is 2.24. The Morgan fingerprint density at radius 1 is 1.47 bits per heavy atom. The summed E-state index contributed by atoms with van der Waals surface area (Å²) in [6.45, 7) is 0. The van der Waals surface area contributed by atoms with E-state index < -0.39 is 0 Å². The average molecular weight is 269 g/mol. The highest BCUT2D eigenvalue weighted by Gasteiger charge is 2.06. The van der Waals surface area contributed by atoms with Crippen molar-refractivity contribution >= 4 is 29.4 Å². The second-order valence-electron chi connectivity index (χ2n) is 3.71. The highest BCUT2D eigenvalue weighted by Crippen LogP contribution is 2.16. The maximum absolute atomic E-state index is 11.4. The topological polar surface area (TPSA) is 65.8 Å². The first-order valence-corrected chi connectivity index (χ1v) is 6.41. The van der Waals surface area contributed by atoms with Crippen molar-refractivity contribution in [2.75, 3.05) is 7.05 Å². The molecule has 2 rings (SSSR count). The number of hydrogen-bond acceptors (Lipinski definition) is 4. The van der Waals surface area contributed by atoms with Gasteiger partial charge in [0.2, 0.25) is 0 Å². The third-order valence-corrected chi connectivity index (χ3v) is 3.37. The number of aromatic nitrogens is 1. The van der Waals surface area contributed by atoms with Crippen LogP contribution in [0.25, 0.3) is 12.2 Å². The highest BCUT2D eigenvalue weighted by atomic mass is 32.1. The van der Waals surface area contributed by atoms with Crippen molar-refractivity contribution < 1.29 is 4.79 Å². The first-order valence-electron chi connectivity index (χ1n) is 5.59. The zero-order chi connectivity index (χ0) is 13.7. The Kier molecular flexibility index (Phi) is 4.06. The third-order valence-electron chi connectivity index (χ3n) is 2.41. The summed E-state index contributed by atoms with van der Waals surface area (Å²) in [6, 6.07) is 9.38. The molecule has 1 aromatic carbocycles. The Labute approximate surface area is 115 Å². The molecule has 1 aromatic heterocycles. The quantitative estimate of drug-likeness (QED) is 0.931. The van der Waals surface area contributed by atoms with Gasteiger partial charge in [-0.3, -0.25) is 4.79 Å². The Bertz CT molecular complexity index is 667. The van der Waals surface area contributed by atoms with Gasteiger partial charge >= 0.3 is 0 Å². The number of nitriles is 1. The zero-order valence-electron chi connectivity index (χ0n) is 10.3. The van der Waals surface area contributed by atoms with Crippen LogP contribution in [0.5, 0.6) is 0 Å². The van der Waals surface area contributed by atoms with E-state index in [9.17, 15) is 4.79 Å². The summed E-state index contributed by atoms with van der Waals surface area (Å²) in [4.78, 5) is 16.1. The van der Waals surface area contributed by atoms with Gasteiger partial charge in [0, 0.05) is 7.05 Å². The normalized spacial score (nSPS) is 10.3. The Hall–Kier alpha value is -2.45. The fourth-order valence-electron chi connectivity index (χ4n) is 1.47. The van der Waals surface area contributed by atoms with E-state index in [0.717, 1.165) is 10.6 Å². The number of thiazole rings is 1. The lowest BCUT2D eigenvalue weighted by Crippen LogP contribution is -2.16. The van der Waals surface area contributed by atoms with Crippen LogP contribution in [0.2, 0.25) is 0 Å². The van der Waals surface area contributed by atoms with Gasteiger partial charge in [0.15, 0.2) is 0 Å². The first-order chi connectivity index (χ1) is 9.22. The van der Waals surface area contributed by atoms with Crippen LogP contribution in [0, 0.1) is 11.3 Å². The number of nitrogens with zero attached hydrogens (tertiary/aromatic N) is 2. The van der Waals surface area contributed by atoms with E-state index in [-0.39, 0.29) is 5.91 Å². The lowest BCUT2D eigenvalue weighted by molar-refractivity contribution is 0.0967. The van der Waals surface area contributed by atoms with Crippen LogP contribution in [0.1, 0.15) is 25.8 Å². The van der Waals surface area contributed by atoms with Gasteiger partial charge < -0.3 is 5.32 Å². The molecule has 0 bridgehead atoms. The SMILES string of the molecule is CNC(=O)c1cnc(/C=C/c2cccc(C#N)c2)s1. The van der Waals surface area contributed by atoms with Gasteiger partial charge in [-0.05, 0) is 23.8 Å². The smallest absolute Gasteiger partial charge is 0.262 e. The van der Waals surface area contributed by atoms with Crippen LogP contribution in [-0.2, 0) is 0 Å². The maximum Gasteiger partial charge on any atom is 0.262 e. The molecule has 1 N–H and O–H groups in total. The molecule has 0 aliphatic heterocycles. The largest absolute Gasteiger partial charge is 0.354 e. The van der Waals surface area contributed by atoms with Gasteiger partial charge in [0.05, 0.1) is 17.8 Å². The molecule has 4 nitrogen and oxygen atoms in total. The highest BCUT2D eigenvalue weighted by molar-refractivity contribution is 7.14. The summed E-state index contributed by atoms with van der Waals surface area (Å²) in [6.07, 6.45) is 5.25. The van der Waals surface area contributed by atoms with Crippen molar-refractivity contribution in [3.63, 3.8) is 0 Å². The summed E-state index contributed by atoms with van der Waals surface area (Å²) < 4.78 is 0. The number of carbonyl (C=O) groups excluding carboxylic acids is 1. The van der Waals surface area contributed by atoms with E-state index in [4.69, 9.17) is 5.26 Å². The van der Waals surface area contributed by atoms with E-state index in [1.165, 1.54) is 11.3 Å². The fraction of sp³-hybridized carbons (Fsp3) is 0.0714. The van der Waals surface area contributed by atoms with E-state index in [0.29, 0.717) is 10.4 Å². The van der Waals surface area contributed by atoms with Crippen molar-refractivity contribution in [3.8, 4) is 6.07 Å². The lowest BCUT2D eigenvalue weighted by atomic mass is 10.1. The number of benzene rings is 1. The molecule has 0 saturated heterocycles. The minimum absolute atomic E-state index is 0.136. The van der Waals surface area contributed by atoms with Gasteiger partial charge in [-0.2, -0.15) is 5.26 Å². The zero-order valence-corrected chi connectivity index (χ0v) is 11.1. The van der Waals surface area contributed by atoms with Crippen LogP contribution in [-0.4, -0.2) is 17.9 Å². The van der Waals surface area contributed by atoms with Gasteiger partial charge in [-0.1, -0.05) is 18.2 Å². The van der Waals surface area contributed by atoms with Crippen molar-refractivity contribution in [2.45, 2.75) is 0 Å². The van der Waals surface area contributed by atoms with Gasteiger partial charge in [0.1, 0.15) is 9.88 Å². The van der Waals surface area contributed by atoms with E-state index in [1.807, 2.05) is 24.3 Å². The first kappa shape index (κ1) is 13.0. The molecule has 94 valence electrons. The molecule has 0 radical (unpaired) electrons. The molecule has 0 fully saturated rings. The molecule has 0 spiro atoms. The summed E-state index contributed by atoms with van der Waals surface area (Å²) in [5.74, 6) is -0.136. The summed E-state index contributed by atoms with van der Waals surface area (Å²) in [5, 5.41) is 12.1. The molecule has 0 saturated carbocycles. The summed E-state index contributed by atoms with van der Waals surface area (Å²) in [7, 11) is 1.59. The van der Waals surface area contributed by atoms with E-state index >= 15 is 0 Å². The number of hydrogen-bond donors (Lipinski definition) is 1. The second-order valence-corrected chi connectivity index (χ2v) is 4.77. The predicted molar refractivity (Wildman–Crippen MR) is 75.6 cm³/mol. The number of nitrogens with one attached hydrogen (secondary N) is 1. The molecule has 1 heterocycles. The van der Waals surface area contributed by atoms with Crippen LogP contribution in [0.3, 0.4) is 0 Å². The summed E-state index contributed by atoms with van der Waals surface area (Å²) in [5.41, 5.74) is 1.54. The molecule has 0 aliphatic rings. The monoisotopic (exact) mass is 269 g/mol. The van der Waals surface area contributed by atoms with Gasteiger partial charge in [0.25, 0.3) is 5.91 Å². The number of amides is 1.